The van der Waals surface area contributed by atoms with Crippen molar-refractivity contribution in [2.45, 2.75) is 27.1 Å². The highest BCUT2D eigenvalue weighted by molar-refractivity contribution is 6.10. The minimum atomic E-state index is -1.57. The van der Waals surface area contributed by atoms with Crippen LogP contribution in [-0.2, 0) is 4.79 Å². The van der Waals surface area contributed by atoms with Crippen LogP contribution in [0.4, 0.5) is 5.69 Å². The molecule has 40 heavy (non-hydrogen) atoms. The minimum Gasteiger partial charge on any atom is -0.481 e. The molecule has 0 saturated carbocycles. The first-order valence-corrected chi connectivity index (χ1v) is 12.0. The number of nitrogens with two attached hydrogens (primary N) is 2. The number of carboxylic acid groups (broad SMARTS) is 1. The van der Waals surface area contributed by atoms with E-state index in [2.05, 4.69) is 4.99 Å². The van der Waals surface area contributed by atoms with E-state index in [0.717, 1.165) is 5.01 Å². The smallest absolute Gasteiger partial charge is 0.352 e. The zero-order valence-electron chi connectivity index (χ0n) is 22.5. The molecule has 14 nitrogen and oxygen atoms in total. The Hall–Kier alpha value is -5.16. The number of allylic oxidation sites excluding steroid dienone is 1. The van der Waals surface area contributed by atoms with E-state index in [4.69, 9.17) is 21.1 Å². The van der Waals surface area contributed by atoms with E-state index in [9.17, 15) is 30.1 Å². The maximum absolute atomic E-state index is 12.6. The molecule has 2 aromatic rings. The van der Waals surface area contributed by atoms with Crippen LogP contribution in [0.3, 0.4) is 0 Å². The molecular weight excluding hydrogens is 522 g/mol. The second-order valence-electron chi connectivity index (χ2n) is 9.54. The summed E-state index contributed by atoms with van der Waals surface area (Å²) in [5.74, 6) is 1.91. The van der Waals surface area contributed by atoms with Gasteiger partial charge in [-0.15, -0.1) is 0 Å². The number of nitrogen functional groups attached to an aromatic ring is 1. The van der Waals surface area contributed by atoms with E-state index in [-0.39, 0.29) is 34.2 Å². The highest BCUT2D eigenvalue weighted by Crippen LogP contribution is 2.32. The molecule has 1 heterocycles. The average Bonchev–Trinajstić information content (AvgIpc) is 2.86. The Labute approximate surface area is 229 Å². The molecular formula is C26H29N7O7. The van der Waals surface area contributed by atoms with Crippen LogP contribution in [0.1, 0.15) is 35.3 Å². The summed E-state index contributed by atoms with van der Waals surface area (Å²) in [6.07, 6.45) is -1.57. The van der Waals surface area contributed by atoms with Gasteiger partial charge in [0.15, 0.2) is 0 Å². The number of ether oxygens (including phenoxy) is 2. The fraction of sp³-hybridized carbons (Fsp3) is 0.308. The highest BCUT2D eigenvalue weighted by atomic mass is 16.6. The van der Waals surface area contributed by atoms with Crippen molar-refractivity contribution in [1.82, 2.24) is 9.91 Å². The van der Waals surface area contributed by atoms with Crippen molar-refractivity contribution in [3.8, 4) is 17.6 Å². The lowest BCUT2D eigenvalue weighted by molar-refractivity contribution is -0.420. The van der Waals surface area contributed by atoms with Crippen molar-refractivity contribution in [2.24, 2.45) is 22.7 Å². The summed E-state index contributed by atoms with van der Waals surface area (Å²) >= 11 is 0. The first-order valence-electron chi connectivity index (χ1n) is 12.0. The quantitative estimate of drug-likeness (QED) is 0.178. The highest BCUT2D eigenvalue weighted by Gasteiger charge is 2.46. The van der Waals surface area contributed by atoms with Crippen LogP contribution >= 0.6 is 0 Å². The third-order valence-electron chi connectivity index (χ3n) is 5.87. The number of nitro groups is 1. The number of hydrazine groups is 1. The second-order valence-corrected chi connectivity index (χ2v) is 9.54. The second kappa shape index (κ2) is 11.7. The monoisotopic (exact) mass is 551 g/mol. The first kappa shape index (κ1) is 29.4. The molecule has 0 aliphatic carbocycles. The van der Waals surface area contributed by atoms with Gasteiger partial charge in [-0.1, -0.05) is 13.8 Å². The van der Waals surface area contributed by atoms with Crippen LogP contribution in [-0.4, -0.2) is 58.0 Å². The van der Waals surface area contributed by atoms with Gasteiger partial charge in [-0.2, -0.15) is 5.26 Å². The number of rotatable bonds is 9. The van der Waals surface area contributed by atoms with E-state index in [1.54, 1.807) is 40.9 Å². The lowest BCUT2D eigenvalue weighted by atomic mass is 9.89. The number of hydrogen-bond donors (Lipinski definition) is 3. The summed E-state index contributed by atoms with van der Waals surface area (Å²) in [6, 6.07) is 10.7. The summed E-state index contributed by atoms with van der Waals surface area (Å²) in [4.78, 5) is 41.9. The molecule has 0 bridgehead atoms. The third kappa shape index (κ3) is 6.11. The molecule has 14 heteroatoms. The number of benzene rings is 2. The minimum absolute atomic E-state index is 0.0163. The van der Waals surface area contributed by atoms with Gasteiger partial charge in [-0.05, 0) is 48.7 Å². The van der Waals surface area contributed by atoms with Gasteiger partial charge in [0.2, 0.25) is 0 Å². The van der Waals surface area contributed by atoms with Gasteiger partial charge in [0.25, 0.3) is 18.1 Å². The largest absolute Gasteiger partial charge is 0.481 e. The third-order valence-corrected chi connectivity index (χ3v) is 5.87. The number of anilines is 1. The number of aliphatic carboxylic acids is 1. The van der Waals surface area contributed by atoms with E-state index in [0.29, 0.717) is 5.56 Å². The summed E-state index contributed by atoms with van der Waals surface area (Å²) in [7, 11) is 3.13. The molecule has 2 unspecified atom stereocenters. The predicted molar refractivity (Wildman–Crippen MR) is 143 cm³/mol. The maximum Gasteiger partial charge on any atom is 0.352 e. The van der Waals surface area contributed by atoms with Crippen LogP contribution in [0.5, 0.6) is 11.5 Å². The van der Waals surface area contributed by atoms with Crippen LogP contribution in [0.25, 0.3) is 0 Å². The fourth-order valence-corrected chi connectivity index (χ4v) is 4.00. The number of aryl methyl sites for hydroxylation is 1. The molecule has 2 aromatic carbocycles. The van der Waals surface area contributed by atoms with E-state index in [1.165, 1.54) is 35.2 Å². The topological polar surface area (TPSA) is 211 Å². The van der Waals surface area contributed by atoms with Crippen molar-refractivity contribution in [1.29, 1.82) is 5.26 Å². The number of nitrogens with zero attached hydrogens (tertiary/aromatic N) is 5. The predicted octanol–water partition coefficient (Wildman–Crippen LogP) is 2.33. The lowest BCUT2D eigenvalue weighted by Gasteiger charge is -2.33. The van der Waals surface area contributed by atoms with Crippen molar-refractivity contribution >= 4 is 23.3 Å². The van der Waals surface area contributed by atoms with Gasteiger partial charge in [-0.25, -0.2) is 15.8 Å². The molecule has 0 aromatic heterocycles. The van der Waals surface area contributed by atoms with Crippen molar-refractivity contribution in [2.75, 3.05) is 19.8 Å². The standard InChI is InChI=1S/C26H29N7O7/c1-13(2)20(25(35)36)21-22(33(37)38)24(39-17-9-14(3)8-16(11-17)23(34)31(4)5)32(29)26(30-21)40-19-10-15(12-27)6-7-18(19)28/h6-11,13,20,26H,28-29H2,1-5H3,(H,35,36). The Morgan fingerprint density at radius 3 is 2.48 bits per heavy atom. The Bertz CT molecular complexity index is 1460. The van der Waals surface area contributed by atoms with Crippen molar-refractivity contribution < 1.29 is 29.1 Å². The van der Waals surface area contributed by atoms with Crippen LogP contribution in [0, 0.1) is 40.2 Å². The van der Waals surface area contributed by atoms with Gasteiger partial charge in [0, 0.05) is 25.7 Å². The number of hydrogen-bond acceptors (Lipinski definition) is 11. The molecule has 0 radical (unpaired) electrons. The molecule has 3 rings (SSSR count). The molecule has 0 fully saturated rings. The SMILES string of the molecule is Cc1cc(OC2=C([N+](=O)[O-])C(C(C(=O)O)C(C)C)=NC(Oc3cc(C#N)ccc3N)N2N)cc(C(=O)N(C)C)c1. The summed E-state index contributed by atoms with van der Waals surface area (Å²) in [5.41, 5.74) is 5.93. The Balaban J connectivity index is 2.22. The number of nitriles is 1. The van der Waals surface area contributed by atoms with Gasteiger partial charge >= 0.3 is 11.7 Å². The number of aliphatic imine (C=N–C) groups is 1. The van der Waals surface area contributed by atoms with Crippen LogP contribution in [0.15, 0.2) is 53.0 Å². The van der Waals surface area contributed by atoms with Gasteiger partial charge in [0.1, 0.15) is 23.1 Å². The number of carboxylic acids is 1. The Morgan fingerprint density at radius 2 is 1.93 bits per heavy atom. The van der Waals surface area contributed by atoms with E-state index >= 15 is 0 Å². The van der Waals surface area contributed by atoms with Crippen molar-refractivity contribution in [3.05, 3.63) is 74.8 Å². The molecule has 5 N–H and O–H groups in total. The Morgan fingerprint density at radius 1 is 1.25 bits per heavy atom. The summed E-state index contributed by atoms with van der Waals surface area (Å²) < 4.78 is 11.7. The Kier molecular flexibility index (Phi) is 8.60. The molecule has 1 aliphatic rings. The average molecular weight is 552 g/mol. The summed E-state index contributed by atoms with van der Waals surface area (Å²) in [6.45, 7) is 4.84. The van der Waals surface area contributed by atoms with Gasteiger partial charge in [0.05, 0.1) is 22.2 Å². The van der Waals surface area contributed by atoms with Gasteiger partial charge < -0.3 is 25.2 Å². The molecule has 1 aliphatic heterocycles. The zero-order chi connectivity index (χ0) is 29.9. The van der Waals surface area contributed by atoms with Crippen LogP contribution in [0.2, 0.25) is 0 Å². The van der Waals surface area contributed by atoms with Gasteiger partial charge in [-0.3, -0.25) is 19.7 Å². The van der Waals surface area contributed by atoms with E-state index in [1.807, 2.05) is 6.07 Å². The van der Waals surface area contributed by atoms with Crippen LogP contribution < -0.4 is 21.1 Å². The molecule has 2 atom stereocenters. The molecule has 0 saturated heterocycles. The molecule has 1 amide bonds. The normalized spacial score (nSPS) is 15.7. The molecule has 0 spiro atoms. The van der Waals surface area contributed by atoms with E-state index < -0.39 is 46.4 Å². The fourth-order valence-electron chi connectivity index (χ4n) is 4.00. The first-order chi connectivity index (χ1) is 18.7. The zero-order valence-corrected chi connectivity index (χ0v) is 22.5. The lowest BCUT2D eigenvalue weighted by Crippen LogP contribution is -2.51. The summed E-state index contributed by atoms with van der Waals surface area (Å²) in [5, 5.41) is 32.3. The van der Waals surface area contributed by atoms with Crippen molar-refractivity contribution in [3.63, 3.8) is 0 Å². The number of carbonyl (C=O) groups is 2. The maximum atomic E-state index is 12.6. The molecule has 210 valence electrons. The number of carbonyl (C=O) groups excluding carboxylic acids is 1. The number of amides is 1.